The molecule has 0 spiro atoms. The largest absolute Gasteiger partial charge is 0.453 e. The predicted molar refractivity (Wildman–Crippen MR) is 77.5 cm³/mol. The second-order valence-corrected chi connectivity index (χ2v) is 5.06. The number of pyridine rings is 1. The molecule has 0 aliphatic carbocycles. The maximum Gasteiger partial charge on any atom is 0.232 e. The Bertz CT molecular complexity index is 841. The van der Waals surface area contributed by atoms with Crippen molar-refractivity contribution in [3.63, 3.8) is 0 Å². The van der Waals surface area contributed by atoms with Gasteiger partial charge in [-0.1, -0.05) is 12.1 Å². The van der Waals surface area contributed by atoms with E-state index < -0.39 is 0 Å². The van der Waals surface area contributed by atoms with Gasteiger partial charge in [0, 0.05) is 11.4 Å². The molecule has 0 bridgehead atoms. The molecule has 3 aromatic rings. The minimum Gasteiger partial charge on any atom is -0.453 e. The van der Waals surface area contributed by atoms with Gasteiger partial charge < -0.3 is 14.7 Å². The first-order chi connectivity index (χ1) is 9.02. The quantitative estimate of drug-likeness (QED) is 0.727. The van der Waals surface area contributed by atoms with Gasteiger partial charge in [-0.2, -0.15) is 0 Å². The van der Waals surface area contributed by atoms with Crippen LogP contribution in [0.4, 0.5) is 5.69 Å². The Morgan fingerprint density at radius 1 is 1.26 bits per heavy atom. The fourth-order valence-electron chi connectivity index (χ4n) is 2.59. The number of anilines is 1. The van der Waals surface area contributed by atoms with Crippen molar-refractivity contribution in [2.45, 2.75) is 26.8 Å². The fraction of sp³-hybridized carbons (Fsp3) is 0.267. The molecule has 0 atom stereocenters. The number of furan rings is 1. The van der Waals surface area contributed by atoms with Gasteiger partial charge in [-0.3, -0.25) is 4.79 Å². The molecule has 1 aromatic carbocycles. The lowest BCUT2D eigenvalue weighted by Gasteiger charge is -2.16. The van der Waals surface area contributed by atoms with Crippen LogP contribution in [0.1, 0.15) is 25.6 Å². The zero-order valence-electron chi connectivity index (χ0n) is 11.2. The smallest absolute Gasteiger partial charge is 0.232 e. The summed E-state index contributed by atoms with van der Waals surface area (Å²) >= 11 is 0. The summed E-state index contributed by atoms with van der Waals surface area (Å²) < 4.78 is 7.64. The molecule has 2 N–H and O–H groups in total. The van der Waals surface area contributed by atoms with Gasteiger partial charge in [-0.05, 0) is 32.9 Å². The van der Waals surface area contributed by atoms with E-state index >= 15 is 0 Å². The van der Waals surface area contributed by atoms with Crippen molar-refractivity contribution in [2.24, 2.45) is 0 Å². The Hall–Kier alpha value is -2.23. The SMILES string of the molecule is Cc1oc2c(=O)c3ccccc3n(C(C)C)c2c1N. The van der Waals surface area contributed by atoms with Crippen molar-refractivity contribution in [1.82, 2.24) is 4.57 Å². The van der Waals surface area contributed by atoms with Gasteiger partial charge in [0.2, 0.25) is 11.0 Å². The number of aromatic nitrogens is 1. The van der Waals surface area contributed by atoms with Crippen molar-refractivity contribution in [2.75, 3.05) is 5.73 Å². The number of rotatable bonds is 1. The van der Waals surface area contributed by atoms with E-state index in [1.165, 1.54) is 0 Å². The Labute approximate surface area is 110 Å². The Morgan fingerprint density at radius 2 is 1.95 bits per heavy atom. The molecule has 2 heterocycles. The van der Waals surface area contributed by atoms with E-state index in [9.17, 15) is 4.79 Å². The van der Waals surface area contributed by atoms with Crippen LogP contribution in [-0.4, -0.2) is 4.57 Å². The number of fused-ring (bicyclic) bond motifs is 2. The predicted octanol–water partition coefficient (Wildman–Crippen LogP) is 3.22. The van der Waals surface area contributed by atoms with E-state index in [1.807, 2.05) is 24.3 Å². The maximum absolute atomic E-state index is 12.5. The van der Waals surface area contributed by atoms with Gasteiger partial charge in [0.25, 0.3) is 0 Å². The van der Waals surface area contributed by atoms with E-state index in [4.69, 9.17) is 10.2 Å². The highest BCUT2D eigenvalue weighted by Crippen LogP contribution is 2.31. The molecule has 0 aliphatic rings. The van der Waals surface area contributed by atoms with Gasteiger partial charge in [-0.15, -0.1) is 0 Å². The van der Waals surface area contributed by atoms with E-state index in [1.54, 1.807) is 6.92 Å². The molecule has 0 amide bonds. The number of hydrogen-bond acceptors (Lipinski definition) is 3. The van der Waals surface area contributed by atoms with Crippen LogP contribution in [0.5, 0.6) is 0 Å². The lowest BCUT2D eigenvalue weighted by molar-refractivity contribution is 0.575. The zero-order chi connectivity index (χ0) is 13.7. The Kier molecular flexibility index (Phi) is 2.42. The second-order valence-electron chi connectivity index (χ2n) is 5.06. The number of nitrogens with zero attached hydrogens (tertiary/aromatic N) is 1. The maximum atomic E-state index is 12.5. The molecule has 0 fully saturated rings. The van der Waals surface area contributed by atoms with Crippen LogP contribution >= 0.6 is 0 Å². The summed E-state index contributed by atoms with van der Waals surface area (Å²) in [4.78, 5) is 12.5. The molecule has 0 saturated heterocycles. The third-order valence-electron chi connectivity index (χ3n) is 3.48. The second kappa shape index (κ2) is 3.88. The van der Waals surface area contributed by atoms with Crippen molar-refractivity contribution in [3.8, 4) is 0 Å². The average molecular weight is 256 g/mol. The van der Waals surface area contributed by atoms with Gasteiger partial charge in [0.1, 0.15) is 11.3 Å². The number of nitrogen functional groups attached to an aromatic ring is 1. The Morgan fingerprint density at radius 3 is 2.63 bits per heavy atom. The molecule has 4 nitrogen and oxygen atoms in total. The molecule has 0 aliphatic heterocycles. The highest BCUT2D eigenvalue weighted by molar-refractivity contribution is 5.97. The van der Waals surface area contributed by atoms with E-state index in [2.05, 4.69) is 18.4 Å². The van der Waals surface area contributed by atoms with Crippen molar-refractivity contribution in [3.05, 3.63) is 40.2 Å². The number of para-hydroxylation sites is 1. The summed E-state index contributed by atoms with van der Waals surface area (Å²) in [5, 5.41) is 0.664. The summed E-state index contributed by atoms with van der Waals surface area (Å²) in [6.45, 7) is 5.92. The van der Waals surface area contributed by atoms with E-state index in [0.29, 0.717) is 27.9 Å². The molecule has 0 unspecified atom stereocenters. The first-order valence-corrected chi connectivity index (χ1v) is 6.34. The van der Waals surface area contributed by atoms with Gasteiger partial charge in [-0.25, -0.2) is 0 Å². The summed E-state index contributed by atoms with van der Waals surface area (Å²) in [5.41, 5.74) is 8.48. The van der Waals surface area contributed by atoms with Gasteiger partial charge in [0.05, 0.1) is 11.2 Å². The number of aryl methyl sites for hydroxylation is 1. The third kappa shape index (κ3) is 1.49. The van der Waals surface area contributed by atoms with Crippen LogP contribution in [0.3, 0.4) is 0 Å². The van der Waals surface area contributed by atoms with Crippen molar-refractivity contribution < 1.29 is 4.42 Å². The van der Waals surface area contributed by atoms with Crippen LogP contribution < -0.4 is 11.2 Å². The summed E-state index contributed by atoms with van der Waals surface area (Å²) in [5.74, 6) is 0.594. The lowest BCUT2D eigenvalue weighted by atomic mass is 10.1. The standard InChI is InChI=1S/C15H16N2O2/c1-8(2)17-11-7-5-4-6-10(11)14(18)15-13(17)12(16)9(3)19-15/h4-8H,16H2,1-3H3. The Balaban J connectivity index is 2.71. The highest BCUT2D eigenvalue weighted by Gasteiger charge is 2.19. The van der Waals surface area contributed by atoms with E-state index in [-0.39, 0.29) is 11.5 Å². The summed E-state index contributed by atoms with van der Waals surface area (Å²) in [6.07, 6.45) is 0. The third-order valence-corrected chi connectivity index (χ3v) is 3.48. The number of benzene rings is 1. The van der Waals surface area contributed by atoms with Gasteiger partial charge in [0.15, 0.2) is 0 Å². The minimum atomic E-state index is -0.0951. The van der Waals surface area contributed by atoms with Gasteiger partial charge >= 0.3 is 0 Å². The number of nitrogens with two attached hydrogens (primary N) is 1. The molecule has 19 heavy (non-hydrogen) atoms. The lowest BCUT2D eigenvalue weighted by Crippen LogP contribution is -2.12. The van der Waals surface area contributed by atoms with E-state index in [0.717, 1.165) is 5.52 Å². The fourth-order valence-corrected chi connectivity index (χ4v) is 2.59. The molecule has 98 valence electrons. The summed E-state index contributed by atoms with van der Waals surface area (Å²) in [6, 6.07) is 7.74. The first-order valence-electron chi connectivity index (χ1n) is 6.34. The normalized spacial score (nSPS) is 11.8. The average Bonchev–Trinajstić information content (AvgIpc) is 2.67. The van der Waals surface area contributed by atoms with Crippen LogP contribution in [0.2, 0.25) is 0 Å². The zero-order valence-corrected chi connectivity index (χ0v) is 11.2. The van der Waals surface area contributed by atoms with Crippen molar-refractivity contribution >= 4 is 27.7 Å². The molecular weight excluding hydrogens is 240 g/mol. The molecule has 4 heteroatoms. The van der Waals surface area contributed by atoms with Crippen LogP contribution in [0.15, 0.2) is 33.5 Å². The van der Waals surface area contributed by atoms with Crippen LogP contribution in [0, 0.1) is 6.92 Å². The van der Waals surface area contributed by atoms with Crippen LogP contribution in [0.25, 0.3) is 22.0 Å². The monoisotopic (exact) mass is 256 g/mol. The molecule has 2 aromatic heterocycles. The van der Waals surface area contributed by atoms with Crippen molar-refractivity contribution in [1.29, 1.82) is 0 Å². The minimum absolute atomic E-state index is 0.0951. The molecule has 3 rings (SSSR count). The first kappa shape index (κ1) is 11.8. The molecule has 0 radical (unpaired) electrons. The topological polar surface area (TPSA) is 61.2 Å². The van der Waals surface area contributed by atoms with Crippen LogP contribution in [-0.2, 0) is 0 Å². The molecule has 0 saturated carbocycles. The highest BCUT2D eigenvalue weighted by atomic mass is 16.3. The number of hydrogen-bond donors (Lipinski definition) is 1. The molecular formula is C15H16N2O2. The summed E-state index contributed by atoms with van der Waals surface area (Å²) in [7, 11) is 0.